The molecule has 0 spiro atoms. The van der Waals surface area contributed by atoms with E-state index < -0.39 is 0 Å². The first-order chi connectivity index (χ1) is 8.70. The summed E-state index contributed by atoms with van der Waals surface area (Å²) >= 11 is 6.01. The molecule has 0 bridgehead atoms. The quantitative estimate of drug-likeness (QED) is 0.743. The van der Waals surface area contributed by atoms with Crippen molar-refractivity contribution in [2.24, 2.45) is 0 Å². The Labute approximate surface area is 111 Å². The zero-order valence-electron chi connectivity index (χ0n) is 10.0. The van der Waals surface area contributed by atoms with Crippen LogP contribution >= 0.6 is 11.6 Å². The molecule has 2 aromatic rings. The highest BCUT2D eigenvalue weighted by atomic mass is 35.5. The molecule has 0 atom stereocenters. The van der Waals surface area contributed by atoms with Gasteiger partial charge in [-0.1, -0.05) is 42.8 Å². The zero-order chi connectivity index (χ0) is 13.0. The Balaban J connectivity index is 2.25. The molecule has 3 heteroatoms. The van der Waals surface area contributed by atoms with Gasteiger partial charge in [0, 0.05) is 12.0 Å². The molecule has 2 rings (SSSR count). The van der Waals surface area contributed by atoms with Crippen LogP contribution in [0.3, 0.4) is 0 Å². The minimum atomic E-state index is 0.0969. The van der Waals surface area contributed by atoms with Gasteiger partial charge < -0.3 is 4.74 Å². The number of carbonyl (C=O) groups excluding carboxylic acids is 1. The van der Waals surface area contributed by atoms with Crippen molar-refractivity contribution < 1.29 is 9.53 Å². The lowest BCUT2D eigenvalue weighted by atomic mass is 10.1. The van der Waals surface area contributed by atoms with Gasteiger partial charge >= 0.3 is 0 Å². The van der Waals surface area contributed by atoms with Crippen molar-refractivity contribution in [3.8, 4) is 11.5 Å². The third-order valence-corrected chi connectivity index (χ3v) is 2.85. The number of hydrogen-bond donors (Lipinski definition) is 0. The van der Waals surface area contributed by atoms with Gasteiger partial charge in [0.15, 0.2) is 5.78 Å². The van der Waals surface area contributed by atoms with E-state index in [0.29, 0.717) is 28.5 Å². The standard InChI is InChI=1S/C15H13ClO2/c1-2-14(17)11-6-5-7-12(10-11)18-15-9-4-3-8-13(15)16/h3-10H,2H2,1H3. The monoisotopic (exact) mass is 260 g/mol. The summed E-state index contributed by atoms with van der Waals surface area (Å²) in [7, 11) is 0. The highest BCUT2D eigenvalue weighted by Gasteiger charge is 2.06. The molecule has 0 saturated carbocycles. The highest BCUT2D eigenvalue weighted by Crippen LogP contribution is 2.29. The van der Waals surface area contributed by atoms with Crippen LogP contribution in [0.4, 0.5) is 0 Å². The van der Waals surface area contributed by atoms with Crippen LogP contribution in [0.2, 0.25) is 5.02 Å². The van der Waals surface area contributed by atoms with E-state index in [0.717, 1.165) is 0 Å². The van der Waals surface area contributed by atoms with Gasteiger partial charge in [-0.25, -0.2) is 0 Å². The number of benzene rings is 2. The first kappa shape index (κ1) is 12.7. The number of Topliss-reactive ketones (excluding diaryl/α,β-unsaturated/α-hetero) is 1. The van der Waals surface area contributed by atoms with Crippen LogP contribution in [0.15, 0.2) is 48.5 Å². The molecule has 2 nitrogen and oxygen atoms in total. The Kier molecular flexibility index (Phi) is 4.00. The molecule has 0 unspecified atom stereocenters. The Morgan fingerprint density at radius 2 is 1.94 bits per heavy atom. The summed E-state index contributed by atoms with van der Waals surface area (Å²) in [4.78, 5) is 11.6. The maximum Gasteiger partial charge on any atom is 0.162 e. The molecule has 0 aromatic heterocycles. The summed E-state index contributed by atoms with van der Waals surface area (Å²) in [6, 6.07) is 14.4. The van der Waals surface area contributed by atoms with Crippen LogP contribution in [0.1, 0.15) is 23.7 Å². The van der Waals surface area contributed by atoms with E-state index in [1.165, 1.54) is 0 Å². The van der Waals surface area contributed by atoms with E-state index >= 15 is 0 Å². The van der Waals surface area contributed by atoms with Gasteiger partial charge in [-0.15, -0.1) is 0 Å². The van der Waals surface area contributed by atoms with Gasteiger partial charge in [0.25, 0.3) is 0 Å². The second-order valence-corrected chi connectivity index (χ2v) is 4.24. The number of ether oxygens (including phenoxy) is 1. The van der Waals surface area contributed by atoms with E-state index in [1.807, 2.05) is 19.1 Å². The fourth-order valence-electron chi connectivity index (χ4n) is 1.59. The first-order valence-electron chi connectivity index (χ1n) is 5.76. The molecule has 0 aliphatic heterocycles. The third kappa shape index (κ3) is 2.90. The van der Waals surface area contributed by atoms with Crippen LogP contribution in [-0.4, -0.2) is 5.78 Å². The van der Waals surface area contributed by atoms with Crippen LogP contribution < -0.4 is 4.74 Å². The van der Waals surface area contributed by atoms with Gasteiger partial charge in [0.2, 0.25) is 0 Å². The molecular formula is C15H13ClO2. The largest absolute Gasteiger partial charge is 0.456 e. The minimum Gasteiger partial charge on any atom is -0.456 e. The van der Waals surface area contributed by atoms with E-state index in [1.54, 1.807) is 36.4 Å². The Morgan fingerprint density at radius 3 is 2.67 bits per heavy atom. The summed E-state index contributed by atoms with van der Waals surface area (Å²) < 4.78 is 5.66. The lowest BCUT2D eigenvalue weighted by Gasteiger charge is -2.08. The first-order valence-corrected chi connectivity index (χ1v) is 6.14. The summed E-state index contributed by atoms with van der Waals surface area (Å²) in [6.07, 6.45) is 0.482. The molecule has 2 aromatic carbocycles. The minimum absolute atomic E-state index is 0.0969. The van der Waals surface area contributed by atoms with Crippen LogP contribution in [0.25, 0.3) is 0 Å². The van der Waals surface area contributed by atoms with Gasteiger partial charge in [-0.3, -0.25) is 4.79 Å². The topological polar surface area (TPSA) is 26.3 Å². The van der Waals surface area contributed by atoms with Gasteiger partial charge in [0.05, 0.1) is 5.02 Å². The molecule has 0 amide bonds. The normalized spacial score (nSPS) is 10.1. The van der Waals surface area contributed by atoms with Crippen LogP contribution in [0.5, 0.6) is 11.5 Å². The third-order valence-electron chi connectivity index (χ3n) is 2.54. The van der Waals surface area contributed by atoms with Crippen LogP contribution in [0, 0.1) is 0 Å². The fraction of sp³-hybridized carbons (Fsp3) is 0.133. The van der Waals surface area contributed by atoms with E-state index in [2.05, 4.69) is 0 Å². The van der Waals surface area contributed by atoms with Crippen molar-refractivity contribution in [2.75, 3.05) is 0 Å². The van der Waals surface area contributed by atoms with Crippen molar-refractivity contribution in [3.05, 3.63) is 59.1 Å². The van der Waals surface area contributed by atoms with Gasteiger partial charge in [-0.05, 0) is 24.3 Å². The van der Waals surface area contributed by atoms with Crippen molar-refractivity contribution >= 4 is 17.4 Å². The number of para-hydroxylation sites is 1. The molecule has 0 aliphatic carbocycles. The second-order valence-electron chi connectivity index (χ2n) is 3.84. The molecule has 0 aliphatic rings. The number of hydrogen-bond acceptors (Lipinski definition) is 2. The average molecular weight is 261 g/mol. The van der Waals surface area contributed by atoms with Crippen LogP contribution in [-0.2, 0) is 0 Å². The zero-order valence-corrected chi connectivity index (χ0v) is 10.8. The van der Waals surface area contributed by atoms with Gasteiger partial charge in [0.1, 0.15) is 11.5 Å². The Hall–Kier alpha value is -1.80. The lowest BCUT2D eigenvalue weighted by molar-refractivity contribution is 0.0988. The summed E-state index contributed by atoms with van der Waals surface area (Å²) in [5, 5.41) is 0.546. The molecule has 0 fully saturated rings. The van der Waals surface area contributed by atoms with Gasteiger partial charge in [-0.2, -0.15) is 0 Å². The predicted octanol–water partition coefficient (Wildman–Crippen LogP) is 4.73. The molecule has 0 radical (unpaired) electrons. The lowest BCUT2D eigenvalue weighted by Crippen LogP contribution is -1.96. The Morgan fingerprint density at radius 1 is 1.17 bits per heavy atom. The summed E-state index contributed by atoms with van der Waals surface area (Å²) in [6.45, 7) is 1.84. The van der Waals surface area contributed by atoms with E-state index in [4.69, 9.17) is 16.3 Å². The molecule has 0 N–H and O–H groups in total. The second kappa shape index (κ2) is 5.69. The molecule has 92 valence electrons. The summed E-state index contributed by atoms with van der Waals surface area (Å²) in [5.74, 6) is 1.29. The number of halogens is 1. The SMILES string of the molecule is CCC(=O)c1cccc(Oc2ccccc2Cl)c1. The maximum atomic E-state index is 11.6. The predicted molar refractivity (Wildman–Crippen MR) is 72.6 cm³/mol. The molecule has 18 heavy (non-hydrogen) atoms. The molecular weight excluding hydrogens is 248 g/mol. The Bertz CT molecular complexity index is 564. The summed E-state index contributed by atoms with van der Waals surface area (Å²) in [5.41, 5.74) is 0.655. The number of carbonyl (C=O) groups is 1. The van der Waals surface area contributed by atoms with Crippen molar-refractivity contribution in [2.45, 2.75) is 13.3 Å². The van der Waals surface area contributed by atoms with E-state index in [9.17, 15) is 4.79 Å². The van der Waals surface area contributed by atoms with Crippen molar-refractivity contribution in [1.29, 1.82) is 0 Å². The molecule has 0 heterocycles. The molecule has 0 saturated heterocycles. The number of ketones is 1. The highest BCUT2D eigenvalue weighted by molar-refractivity contribution is 6.32. The van der Waals surface area contributed by atoms with Crippen molar-refractivity contribution in [1.82, 2.24) is 0 Å². The fourth-order valence-corrected chi connectivity index (χ4v) is 1.77. The van der Waals surface area contributed by atoms with Crippen molar-refractivity contribution in [3.63, 3.8) is 0 Å². The average Bonchev–Trinajstić information content (AvgIpc) is 2.41. The van der Waals surface area contributed by atoms with E-state index in [-0.39, 0.29) is 5.78 Å². The number of rotatable bonds is 4. The maximum absolute atomic E-state index is 11.6. The smallest absolute Gasteiger partial charge is 0.162 e.